The largest absolute Gasteiger partial charge is 0.368 e. The van der Waals surface area contributed by atoms with Crippen molar-refractivity contribution in [1.82, 2.24) is 5.16 Å². The van der Waals surface area contributed by atoms with Crippen LogP contribution in [0.1, 0.15) is 32.4 Å². The van der Waals surface area contributed by atoms with Crippen LogP contribution in [0.15, 0.2) is 10.6 Å². The predicted octanol–water partition coefficient (Wildman–Crippen LogP) is 2.24. The zero-order valence-corrected chi connectivity index (χ0v) is 8.21. The number of anilines is 1. The van der Waals surface area contributed by atoms with E-state index in [0.717, 1.165) is 18.0 Å². The van der Waals surface area contributed by atoms with Gasteiger partial charge in [-0.2, -0.15) is 0 Å². The van der Waals surface area contributed by atoms with Gasteiger partial charge in [-0.25, -0.2) is 0 Å². The third-order valence-corrected chi connectivity index (χ3v) is 2.90. The van der Waals surface area contributed by atoms with Crippen molar-refractivity contribution in [3.8, 4) is 0 Å². The van der Waals surface area contributed by atoms with Crippen LogP contribution in [0, 0.1) is 11.3 Å². The van der Waals surface area contributed by atoms with Gasteiger partial charge in [0.1, 0.15) is 0 Å². The molecule has 1 saturated carbocycles. The lowest BCUT2D eigenvalue weighted by molar-refractivity contribution is 0.296. The third kappa shape index (κ3) is 1.85. The molecule has 0 spiro atoms. The van der Waals surface area contributed by atoms with Crippen molar-refractivity contribution < 1.29 is 4.52 Å². The van der Waals surface area contributed by atoms with E-state index < -0.39 is 0 Å². The van der Waals surface area contributed by atoms with Crippen molar-refractivity contribution in [3.05, 3.63) is 11.8 Å². The summed E-state index contributed by atoms with van der Waals surface area (Å²) in [6.07, 6.45) is 3.69. The molecule has 1 heterocycles. The highest BCUT2D eigenvalue weighted by atomic mass is 16.5. The smallest absolute Gasteiger partial charge is 0.222 e. The SMILES string of the molecule is CC(C)(Cc1cc(N)on1)C1CC1. The summed E-state index contributed by atoms with van der Waals surface area (Å²) in [4.78, 5) is 0. The number of aromatic nitrogens is 1. The average molecular weight is 180 g/mol. The van der Waals surface area contributed by atoms with Gasteiger partial charge < -0.3 is 10.3 Å². The first-order valence-corrected chi connectivity index (χ1v) is 4.79. The number of hydrogen-bond acceptors (Lipinski definition) is 3. The quantitative estimate of drug-likeness (QED) is 0.776. The van der Waals surface area contributed by atoms with Gasteiger partial charge in [0, 0.05) is 6.07 Å². The lowest BCUT2D eigenvalue weighted by atomic mass is 9.83. The highest BCUT2D eigenvalue weighted by Crippen LogP contribution is 2.46. The average Bonchev–Trinajstić information content (AvgIpc) is 2.78. The van der Waals surface area contributed by atoms with Gasteiger partial charge in [-0.15, -0.1) is 0 Å². The maximum atomic E-state index is 5.46. The molecular weight excluding hydrogens is 164 g/mol. The van der Waals surface area contributed by atoms with E-state index in [9.17, 15) is 0 Å². The standard InChI is InChI=1S/C10H16N2O/c1-10(2,7-3-4-7)6-8-5-9(11)13-12-8/h5,7H,3-4,6,11H2,1-2H3. The molecule has 3 heteroatoms. The van der Waals surface area contributed by atoms with Crippen molar-refractivity contribution in [3.63, 3.8) is 0 Å². The molecule has 0 unspecified atom stereocenters. The van der Waals surface area contributed by atoms with Gasteiger partial charge in [-0.3, -0.25) is 0 Å². The molecule has 13 heavy (non-hydrogen) atoms. The Hall–Kier alpha value is -0.990. The molecule has 0 atom stereocenters. The summed E-state index contributed by atoms with van der Waals surface area (Å²) in [7, 11) is 0. The van der Waals surface area contributed by atoms with Gasteiger partial charge in [-0.1, -0.05) is 19.0 Å². The maximum absolute atomic E-state index is 5.46. The molecule has 1 aromatic heterocycles. The Morgan fingerprint density at radius 2 is 2.31 bits per heavy atom. The van der Waals surface area contributed by atoms with Crippen molar-refractivity contribution in [2.45, 2.75) is 33.1 Å². The van der Waals surface area contributed by atoms with Crippen LogP contribution in [0.4, 0.5) is 5.88 Å². The molecule has 72 valence electrons. The van der Waals surface area contributed by atoms with Gasteiger partial charge in [0.15, 0.2) is 0 Å². The maximum Gasteiger partial charge on any atom is 0.222 e. The van der Waals surface area contributed by atoms with Crippen LogP contribution in [0.3, 0.4) is 0 Å². The molecule has 0 amide bonds. The minimum absolute atomic E-state index is 0.351. The Labute approximate surface area is 78.3 Å². The Kier molecular flexibility index (Phi) is 1.82. The zero-order chi connectivity index (χ0) is 9.47. The molecule has 1 aliphatic carbocycles. The van der Waals surface area contributed by atoms with Gasteiger partial charge in [-0.05, 0) is 30.6 Å². The fourth-order valence-electron chi connectivity index (χ4n) is 1.89. The Morgan fingerprint density at radius 3 is 2.77 bits per heavy atom. The minimum atomic E-state index is 0.351. The Morgan fingerprint density at radius 1 is 1.62 bits per heavy atom. The molecule has 2 rings (SSSR count). The summed E-state index contributed by atoms with van der Waals surface area (Å²) in [5, 5.41) is 3.91. The van der Waals surface area contributed by atoms with Crippen molar-refractivity contribution in [1.29, 1.82) is 0 Å². The lowest BCUT2D eigenvalue weighted by Gasteiger charge is -2.22. The first kappa shape index (κ1) is 8.60. The molecule has 3 nitrogen and oxygen atoms in total. The predicted molar refractivity (Wildman–Crippen MR) is 51.1 cm³/mol. The number of nitrogen functional groups attached to an aromatic ring is 1. The second-order valence-corrected chi connectivity index (χ2v) is 4.66. The van der Waals surface area contributed by atoms with Crippen LogP contribution in [-0.4, -0.2) is 5.16 Å². The third-order valence-electron chi connectivity index (χ3n) is 2.90. The van der Waals surface area contributed by atoms with Gasteiger partial charge in [0.05, 0.1) is 5.69 Å². The van der Waals surface area contributed by atoms with E-state index in [2.05, 4.69) is 19.0 Å². The lowest BCUT2D eigenvalue weighted by Crippen LogP contribution is -2.17. The van der Waals surface area contributed by atoms with E-state index >= 15 is 0 Å². The summed E-state index contributed by atoms with van der Waals surface area (Å²) >= 11 is 0. The summed E-state index contributed by atoms with van der Waals surface area (Å²) in [5.41, 5.74) is 6.79. The van der Waals surface area contributed by atoms with E-state index in [1.165, 1.54) is 12.8 Å². The summed E-state index contributed by atoms with van der Waals surface area (Å²) < 4.78 is 4.84. The molecule has 2 N–H and O–H groups in total. The highest BCUT2D eigenvalue weighted by molar-refractivity contribution is 5.25. The van der Waals surface area contributed by atoms with Crippen molar-refractivity contribution in [2.24, 2.45) is 11.3 Å². The van der Waals surface area contributed by atoms with E-state index in [0.29, 0.717) is 11.3 Å². The van der Waals surface area contributed by atoms with Crippen LogP contribution in [0.25, 0.3) is 0 Å². The Bertz CT molecular complexity index is 300. The molecule has 0 aromatic carbocycles. The molecule has 1 aromatic rings. The highest BCUT2D eigenvalue weighted by Gasteiger charge is 2.38. The fraction of sp³-hybridized carbons (Fsp3) is 0.700. The van der Waals surface area contributed by atoms with Crippen LogP contribution >= 0.6 is 0 Å². The monoisotopic (exact) mass is 180 g/mol. The van der Waals surface area contributed by atoms with E-state index in [1.807, 2.05) is 6.07 Å². The first-order chi connectivity index (χ1) is 6.08. The van der Waals surface area contributed by atoms with Gasteiger partial charge in [0.25, 0.3) is 0 Å². The second kappa shape index (κ2) is 2.76. The van der Waals surface area contributed by atoms with Crippen LogP contribution < -0.4 is 5.73 Å². The number of nitrogens with zero attached hydrogens (tertiary/aromatic N) is 1. The van der Waals surface area contributed by atoms with Crippen molar-refractivity contribution in [2.75, 3.05) is 5.73 Å². The van der Waals surface area contributed by atoms with Crippen LogP contribution in [-0.2, 0) is 6.42 Å². The van der Waals surface area contributed by atoms with E-state index in [-0.39, 0.29) is 0 Å². The number of rotatable bonds is 3. The fourth-order valence-corrected chi connectivity index (χ4v) is 1.89. The van der Waals surface area contributed by atoms with Crippen LogP contribution in [0.5, 0.6) is 0 Å². The normalized spacial score (nSPS) is 17.7. The Balaban J connectivity index is 2.04. The van der Waals surface area contributed by atoms with Crippen LogP contribution in [0.2, 0.25) is 0 Å². The van der Waals surface area contributed by atoms with E-state index in [4.69, 9.17) is 10.3 Å². The molecular formula is C10H16N2O. The molecule has 1 aliphatic rings. The number of nitrogens with two attached hydrogens (primary N) is 1. The summed E-state index contributed by atoms with van der Waals surface area (Å²) in [6, 6.07) is 1.82. The molecule has 0 bridgehead atoms. The molecule has 0 aliphatic heterocycles. The topological polar surface area (TPSA) is 52.0 Å². The second-order valence-electron chi connectivity index (χ2n) is 4.66. The molecule has 0 radical (unpaired) electrons. The summed E-state index contributed by atoms with van der Waals surface area (Å²) in [6.45, 7) is 4.57. The van der Waals surface area contributed by atoms with Crippen molar-refractivity contribution >= 4 is 5.88 Å². The van der Waals surface area contributed by atoms with Gasteiger partial charge >= 0.3 is 0 Å². The van der Waals surface area contributed by atoms with E-state index in [1.54, 1.807) is 0 Å². The molecule has 1 fully saturated rings. The molecule has 0 saturated heterocycles. The van der Waals surface area contributed by atoms with Gasteiger partial charge in [0.2, 0.25) is 5.88 Å². The zero-order valence-electron chi connectivity index (χ0n) is 8.21. The number of hydrogen-bond donors (Lipinski definition) is 1. The minimum Gasteiger partial charge on any atom is -0.368 e. The first-order valence-electron chi connectivity index (χ1n) is 4.79. The summed E-state index contributed by atoms with van der Waals surface area (Å²) in [5.74, 6) is 1.28.